The molecule has 2 nitrogen and oxygen atoms in total. The van der Waals surface area contributed by atoms with Crippen LogP contribution in [-0.4, -0.2) is 26.1 Å². The maximum atomic E-state index is 10.3. The van der Waals surface area contributed by atoms with E-state index in [1.165, 1.54) is 10.4 Å². The fourth-order valence-corrected chi connectivity index (χ4v) is 8.20. The molecule has 140 valence electrons. The standard InChI is InChI=1S/C23H32O2Si/c1-7-21(24)23(5,6)18-25-26(22(2,3)4,19-14-10-8-11-15-19)20-16-12-9-13-17-20/h7-17,21,24H,1,18H2,2-6H3/t21-/m0/s1. The van der Waals surface area contributed by atoms with Crippen LogP contribution in [0.2, 0.25) is 5.04 Å². The Hall–Kier alpha value is -1.68. The first-order valence-electron chi connectivity index (χ1n) is 9.21. The molecule has 1 atom stereocenters. The zero-order valence-corrected chi connectivity index (χ0v) is 17.7. The summed E-state index contributed by atoms with van der Waals surface area (Å²) in [5.41, 5.74) is -0.408. The van der Waals surface area contributed by atoms with E-state index < -0.39 is 19.8 Å². The van der Waals surface area contributed by atoms with Crippen LogP contribution in [-0.2, 0) is 4.43 Å². The summed E-state index contributed by atoms with van der Waals surface area (Å²) in [4.78, 5) is 0. The zero-order chi connectivity index (χ0) is 19.4. The molecule has 1 N–H and O–H groups in total. The van der Waals surface area contributed by atoms with Gasteiger partial charge in [0.15, 0.2) is 0 Å². The van der Waals surface area contributed by atoms with Crippen molar-refractivity contribution in [3.8, 4) is 0 Å². The van der Waals surface area contributed by atoms with Gasteiger partial charge < -0.3 is 9.53 Å². The lowest BCUT2D eigenvalue weighted by Crippen LogP contribution is -2.67. The number of aliphatic hydroxyl groups is 1. The average Bonchev–Trinajstić information content (AvgIpc) is 2.62. The predicted molar refractivity (Wildman–Crippen MR) is 114 cm³/mol. The monoisotopic (exact) mass is 368 g/mol. The molecule has 0 aliphatic carbocycles. The fraction of sp³-hybridized carbons (Fsp3) is 0.391. The highest BCUT2D eigenvalue weighted by atomic mass is 28.4. The zero-order valence-electron chi connectivity index (χ0n) is 16.7. The predicted octanol–water partition coefficient (Wildman–Crippen LogP) is 4.14. The van der Waals surface area contributed by atoms with Gasteiger partial charge in [-0.05, 0) is 15.4 Å². The van der Waals surface area contributed by atoms with Crippen LogP contribution in [0, 0.1) is 5.41 Å². The van der Waals surface area contributed by atoms with E-state index >= 15 is 0 Å². The van der Waals surface area contributed by atoms with Crippen molar-refractivity contribution in [2.45, 2.75) is 45.8 Å². The molecule has 0 saturated heterocycles. The number of hydrogen-bond donors (Lipinski definition) is 1. The molecule has 2 aromatic carbocycles. The van der Waals surface area contributed by atoms with Crippen LogP contribution in [0.1, 0.15) is 34.6 Å². The highest BCUT2D eigenvalue weighted by molar-refractivity contribution is 6.99. The second-order valence-corrected chi connectivity index (χ2v) is 12.9. The highest BCUT2D eigenvalue weighted by Crippen LogP contribution is 2.38. The van der Waals surface area contributed by atoms with Gasteiger partial charge >= 0.3 is 0 Å². The lowest BCUT2D eigenvalue weighted by atomic mass is 9.88. The van der Waals surface area contributed by atoms with Crippen molar-refractivity contribution in [2.24, 2.45) is 5.41 Å². The van der Waals surface area contributed by atoms with Gasteiger partial charge in [-0.25, -0.2) is 0 Å². The van der Waals surface area contributed by atoms with Gasteiger partial charge in [0.05, 0.1) is 6.10 Å². The van der Waals surface area contributed by atoms with Crippen molar-refractivity contribution in [3.63, 3.8) is 0 Å². The third-order valence-corrected chi connectivity index (χ3v) is 10.1. The van der Waals surface area contributed by atoms with Gasteiger partial charge in [0, 0.05) is 12.0 Å². The van der Waals surface area contributed by atoms with Crippen LogP contribution < -0.4 is 10.4 Å². The number of aliphatic hydroxyl groups excluding tert-OH is 1. The average molecular weight is 369 g/mol. The minimum atomic E-state index is -2.56. The van der Waals surface area contributed by atoms with Crippen molar-refractivity contribution in [1.82, 2.24) is 0 Å². The van der Waals surface area contributed by atoms with Crippen molar-refractivity contribution in [3.05, 3.63) is 73.3 Å². The summed E-state index contributed by atoms with van der Waals surface area (Å²) in [6.45, 7) is 15.0. The molecule has 2 rings (SSSR count). The van der Waals surface area contributed by atoms with E-state index in [1.807, 2.05) is 26.0 Å². The van der Waals surface area contributed by atoms with Crippen molar-refractivity contribution < 1.29 is 9.53 Å². The Balaban J connectivity index is 2.59. The van der Waals surface area contributed by atoms with E-state index in [0.717, 1.165) is 0 Å². The molecule has 0 radical (unpaired) electrons. The first kappa shape index (κ1) is 20.6. The first-order chi connectivity index (χ1) is 12.1. The lowest BCUT2D eigenvalue weighted by molar-refractivity contribution is 0.0441. The summed E-state index contributed by atoms with van der Waals surface area (Å²) in [5, 5.41) is 12.8. The molecule has 3 heteroatoms. The Labute approximate surface area is 159 Å². The van der Waals surface area contributed by atoms with Gasteiger partial charge in [0.1, 0.15) is 0 Å². The molecule has 0 heterocycles. The van der Waals surface area contributed by atoms with E-state index in [4.69, 9.17) is 4.43 Å². The summed E-state index contributed by atoms with van der Waals surface area (Å²) in [6, 6.07) is 21.1. The van der Waals surface area contributed by atoms with Gasteiger partial charge in [-0.15, -0.1) is 6.58 Å². The Kier molecular flexibility index (Phi) is 6.27. The van der Waals surface area contributed by atoms with Gasteiger partial charge in [0.2, 0.25) is 0 Å². The van der Waals surface area contributed by atoms with Gasteiger partial charge in [-0.3, -0.25) is 0 Å². The van der Waals surface area contributed by atoms with Gasteiger partial charge in [-0.2, -0.15) is 0 Å². The van der Waals surface area contributed by atoms with E-state index in [2.05, 4.69) is 75.9 Å². The van der Waals surface area contributed by atoms with Crippen molar-refractivity contribution >= 4 is 18.7 Å². The number of hydrogen-bond acceptors (Lipinski definition) is 2. The first-order valence-corrected chi connectivity index (χ1v) is 11.1. The van der Waals surface area contributed by atoms with Crippen LogP contribution in [0.15, 0.2) is 73.3 Å². The summed E-state index contributed by atoms with van der Waals surface area (Å²) >= 11 is 0. The molecule has 0 saturated carbocycles. The molecule has 0 aliphatic heterocycles. The van der Waals surface area contributed by atoms with Crippen molar-refractivity contribution in [1.29, 1.82) is 0 Å². The minimum absolute atomic E-state index is 0.0646. The molecule has 0 spiro atoms. The van der Waals surface area contributed by atoms with E-state index in [0.29, 0.717) is 6.61 Å². The molecule has 26 heavy (non-hydrogen) atoms. The fourth-order valence-electron chi connectivity index (χ4n) is 3.46. The summed E-state index contributed by atoms with van der Waals surface area (Å²) in [6.07, 6.45) is 0.982. The summed E-state index contributed by atoms with van der Waals surface area (Å²) in [5.74, 6) is 0. The number of rotatable bonds is 7. The molecule has 0 aromatic heterocycles. The van der Waals surface area contributed by atoms with E-state index in [1.54, 1.807) is 6.08 Å². The SMILES string of the molecule is C=C[C@H](O)C(C)(C)CO[Si](c1ccccc1)(c1ccccc1)C(C)(C)C. The smallest absolute Gasteiger partial charge is 0.261 e. The molecule has 0 amide bonds. The number of benzene rings is 2. The van der Waals surface area contributed by atoms with E-state index in [-0.39, 0.29) is 5.04 Å². The molecule has 0 unspecified atom stereocenters. The second-order valence-electron chi connectivity index (χ2n) is 8.62. The largest absolute Gasteiger partial charge is 0.407 e. The normalized spacial score (nSPS) is 14.1. The van der Waals surface area contributed by atoms with Crippen LogP contribution in [0.5, 0.6) is 0 Å². The topological polar surface area (TPSA) is 29.5 Å². The molecular formula is C23H32O2Si. The highest BCUT2D eigenvalue weighted by Gasteiger charge is 2.51. The maximum Gasteiger partial charge on any atom is 0.261 e. The summed E-state index contributed by atoms with van der Waals surface area (Å²) < 4.78 is 6.89. The van der Waals surface area contributed by atoms with E-state index in [9.17, 15) is 5.11 Å². The maximum absolute atomic E-state index is 10.3. The van der Waals surface area contributed by atoms with Crippen LogP contribution in [0.4, 0.5) is 0 Å². The molecule has 0 bridgehead atoms. The third kappa shape index (κ3) is 4.01. The molecule has 0 aliphatic rings. The quantitative estimate of drug-likeness (QED) is 0.588. The second kappa shape index (κ2) is 7.91. The Bertz CT molecular complexity index is 662. The lowest BCUT2D eigenvalue weighted by Gasteiger charge is -2.45. The van der Waals surface area contributed by atoms with Crippen LogP contribution in [0.25, 0.3) is 0 Å². The van der Waals surface area contributed by atoms with Gasteiger partial charge in [0.25, 0.3) is 8.32 Å². The minimum Gasteiger partial charge on any atom is -0.407 e. The van der Waals surface area contributed by atoms with Crippen LogP contribution in [0.3, 0.4) is 0 Å². The van der Waals surface area contributed by atoms with Gasteiger partial charge in [-0.1, -0.05) is 101 Å². The molecular weight excluding hydrogens is 336 g/mol. The Morgan fingerprint density at radius 2 is 1.35 bits per heavy atom. The van der Waals surface area contributed by atoms with Crippen molar-refractivity contribution in [2.75, 3.05) is 6.61 Å². The summed E-state index contributed by atoms with van der Waals surface area (Å²) in [7, 11) is -2.56. The Morgan fingerprint density at radius 1 is 0.923 bits per heavy atom. The van der Waals surface area contributed by atoms with Crippen LogP contribution >= 0.6 is 0 Å². The third-order valence-electron chi connectivity index (χ3n) is 5.10. The Morgan fingerprint density at radius 3 is 1.69 bits per heavy atom. The molecule has 0 fully saturated rings. The molecule has 2 aromatic rings.